The van der Waals surface area contributed by atoms with Crippen molar-refractivity contribution in [2.75, 3.05) is 63.3 Å². The van der Waals surface area contributed by atoms with E-state index in [2.05, 4.69) is 47.3 Å². The fraction of sp³-hybridized carbons (Fsp3) is 0.647. The van der Waals surface area contributed by atoms with Crippen molar-refractivity contribution in [3.05, 3.63) is 23.8 Å². The first-order valence-electron chi connectivity index (χ1n) is 8.32. The summed E-state index contributed by atoms with van der Waals surface area (Å²) in [6.07, 6.45) is 2.22. The first-order chi connectivity index (χ1) is 10.7. The van der Waals surface area contributed by atoms with E-state index in [1.807, 2.05) is 0 Å². The second-order valence-corrected chi connectivity index (χ2v) is 5.81. The molecule has 1 aromatic carbocycles. The molecular weight excluding hydrogens is 276 g/mol. The lowest BCUT2D eigenvalue weighted by Crippen LogP contribution is -2.37. The molecule has 5 nitrogen and oxygen atoms in total. The average Bonchev–Trinajstić information content (AvgIpc) is 2.56. The van der Waals surface area contributed by atoms with Crippen LogP contribution in [0.4, 0.5) is 11.4 Å². The highest BCUT2D eigenvalue weighted by atomic mass is 16.5. The quantitative estimate of drug-likeness (QED) is 0.717. The van der Waals surface area contributed by atoms with Crippen LogP contribution in [0.15, 0.2) is 18.2 Å². The van der Waals surface area contributed by atoms with E-state index in [9.17, 15) is 0 Å². The van der Waals surface area contributed by atoms with Gasteiger partial charge in [0.1, 0.15) is 0 Å². The van der Waals surface area contributed by atoms with E-state index < -0.39 is 0 Å². The fourth-order valence-electron chi connectivity index (χ4n) is 2.92. The van der Waals surface area contributed by atoms with Crippen molar-refractivity contribution < 1.29 is 4.74 Å². The van der Waals surface area contributed by atoms with Gasteiger partial charge in [-0.05, 0) is 30.5 Å². The van der Waals surface area contributed by atoms with Gasteiger partial charge in [-0.25, -0.2) is 0 Å². The molecule has 0 bridgehead atoms. The summed E-state index contributed by atoms with van der Waals surface area (Å²) in [4.78, 5) is 4.85. The molecule has 1 saturated heterocycles. The molecule has 0 aromatic heterocycles. The Morgan fingerprint density at radius 2 is 2.09 bits per heavy atom. The van der Waals surface area contributed by atoms with Crippen molar-refractivity contribution in [2.24, 2.45) is 5.73 Å². The van der Waals surface area contributed by atoms with Gasteiger partial charge >= 0.3 is 0 Å². The molecule has 22 heavy (non-hydrogen) atoms. The van der Waals surface area contributed by atoms with Crippen LogP contribution in [-0.4, -0.2) is 58.0 Å². The minimum absolute atomic E-state index is 0.464. The standard InChI is InChI=1S/C17H30N4O/c1-3-15-5-6-16(19-14-18)13-17(15)20(2)7-4-8-21-9-11-22-12-10-21/h5-6,13,19H,3-4,7-12,14,18H2,1-2H3. The Morgan fingerprint density at radius 3 is 2.77 bits per heavy atom. The van der Waals surface area contributed by atoms with Crippen LogP contribution < -0.4 is 16.0 Å². The molecule has 124 valence electrons. The largest absolute Gasteiger partial charge is 0.379 e. The van der Waals surface area contributed by atoms with Crippen LogP contribution in [0, 0.1) is 0 Å². The molecule has 0 atom stereocenters. The summed E-state index contributed by atoms with van der Waals surface area (Å²) >= 11 is 0. The van der Waals surface area contributed by atoms with Gasteiger partial charge in [0.25, 0.3) is 0 Å². The molecule has 1 fully saturated rings. The second kappa shape index (κ2) is 8.98. The Morgan fingerprint density at radius 1 is 1.32 bits per heavy atom. The minimum atomic E-state index is 0.464. The summed E-state index contributed by atoms with van der Waals surface area (Å²) in [6, 6.07) is 6.52. The molecule has 0 unspecified atom stereocenters. The van der Waals surface area contributed by atoms with E-state index in [1.54, 1.807) is 0 Å². The molecule has 0 radical (unpaired) electrons. The van der Waals surface area contributed by atoms with Crippen molar-refractivity contribution in [3.63, 3.8) is 0 Å². The lowest BCUT2D eigenvalue weighted by Gasteiger charge is -2.28. The lowest BCUT2D eigenvalue weighted by atomic mass is 10.1. The lowest BCUT2D eigenvalue weighted by molar-refractivity contribution is 0.0377. The van der Waals surface area contributed by atoms with Gasteiger partial charge in [-0.3, -0.25) is 4.90 Å². The van der Waals surface area contributed by atoms with E-state index >= 15 is 0 Å². The number of benzene rings is 1. The van der Waals surface area contributed by atoms with E-state index in [0.29, 0.717) is 6.67 Å². The molecule has 0 saturated carbocycles. The highest BCUT2D eigenvalue weighted by Crippen LogP contribution is 2.24. The van der Waals surface area contributed by atoms with E-state index in [4.69, 9.17) is 10.5 Å². The third-order valence-corrected chi connectivity index (χ3v) is 4.26. The monoisotopic (exact) mass is 306 g/mol. The summed E-state index contributed by atoms with van der Waals surface area (Å²) in [6.45, 7) is 8.78. The molecule has 5 heteroatoms. The number of morpholine rings is 1. The Balaban J connectivity index is 1.89. The van der Waals surface area contributed by atoms with Gasteiger partial charge in [-0.2, -0.15) is 0 Å². The van der Waals surface area contributed by atoms with Gasteiger partial charge in [0, 0.05) is 44.6 Å². The van der Waals surface area contributed by atoms with Gasteiger partial charge < -0.3 is 20.7 Å². The molecule has 2 rings (SSSR count). The van der Waals surface area contributed by atoms with Crippen LogP contribution in [0.25, 0.3) is 0 Å². The summed E-state index contributed by atoms with van der Waals surface area (Å²) in [7, 11) is 2.18. The molecule has 0 amide bonds. The van der Waals surface area contributed by atoms with Crippen LogP contribution in [0.2, 0.25) is 0 Å². The van der Waals surface area contributed by atoms with Crippen molar-refractivity contribution in [1.29, 1.82) is 0 Å². The Labute approximate surface area is 134 Å². The molecule has 1 aliphatic heterocycles. The zero-order valence-corrected chi connectivity index (χ0v) is 14.0. The molecule has 1 aromatic rings. The fourth-order valence-corrected chi connectivity index (χ4v) is 2.92. The van der Waals surface area contributed by atoms with Gasteiger partial charge in [-0.1, -0.05) is 13.0 Å². The predicted molar refractivity (Wildman–Crippen MR) is 93.6 cm³/mol. The molecule has 0 aliphatic carbocycles. The second-order valence-electron chi connectivity index (χ2n) is 5.81. The van der Waals surface area contributed by atoms with E-state index in [-0.39, 0.29) is 0 Å². The first-order valence-corrected chi connectivity index (χ1v) is 8.32. The van der Waals surface area contributed by atoms with Crippen molar-refractivity contribution in [3.8, 4) is 0 Å². The average molecular weight is 306 g/mol. The molecule has 3 N–H and O–H groups in total. The molecular formula is C17H30N4O. The predicted octanol–water partition coefficient (Wildman–Crippen LogP) is 1.74. The first kappa shape index (κ1) is 17.1. The van der Waals surface area contributed by atoms with Gasteiger partial charge in [0.05, 0.1) is 19.9 Å². The number of nitrogens with zero attached hydrogens (tertiary/aromatic N) is 2. The van der Waals surface area contributed by atoms with Gasteiger partial charge in [-0.15, -0.1) is 0 Å². The SMILES string of the molecule is CCc1ccc(NCN)cc1N(C)CCCN1CCOCC1. The number of ether oxygens (including phenoxy) is 1. The summed E-state index contributed by atoms with van der Waals surface area (Å²) in [5.41, 5.74) is 9.37. The normalized spacial score (nSPS) is 15.8. The number of nitrogens with one attached hydrogen (secondary N) is 1. The number of rotatable bonds is 8. The van der Waals surface area contributed by atoms with Crippen LogP contribution >= 0.6 is 0 Å². The minimum Gasteiger partial charge on any atom is -0.379 e. The summed E-state index contributed by atoms with van der Waals surface area (Å²) < 4.78 is 5.39. The third kappa shape index (κ3) is 4.87. The topological polar surface area (TPSA) is 53.8 Å². The highest BCUT2D eigenvalue weighted by molar-refractivity contribution is 5.62. The van der Waals surface area contributed by atoms with Gasteiger partial charge in [0.2, 0.25) is 0 Å². The van der Waals surface area contributed by atoms with Crippen molar-refractivity contribution >= 4 is 11.4 Å². The zero-order valence-electron chi connectivity index (χ0n) is 14.0. The molecule has 0 spiro atoms. The maximum Gasteiger partial charge on any atom is 0.0628 e. The summed E-state index contributed by atoms with van der Waals surface area (Å²) in [5, 5.41) is 3.19. The highest BCUT2D eigenvalue weighted by Gasteiger charge is 2.11. The molecule has 1 aliphatic rings. The van der Waals surface area contributed by atoms with Crippen LogP contribution in [0.1, 0.15) is 18.9 Å². The number of anilines is 2. The zero-order chi connectivity index (χ0) is 15.8. The number of nitrogens with two attached hydrogens (primary N) is 1. The number of hydrogen-bond acceptors (Lipinski definition) is 5. The smallest absolute Gasteiger partial charge is 0.0628 e. The van der Waals surface area contributed by atoms with Crippen molar-refractivity contribution in [2.45, 2.75) is 19.8 Å². The van der Waals surface area contributed by atoms with E-state index in [1.165, 1.54) is 17.7 Å². The molecule has 1 heterocycles. The van der Waals surface area contributed by atoms with Crippen LogP contribution in [0.5, 0.6) is 0 Å². The summed E-state index contributed by atoms with van der Waals surface area (Å²) in [5.74, 6) is 0. The van der Waals surface area contributed by atoms with Crippen molar-refractivity contribution in [1.82, 2.24) is 4.90 Å². The number of hydrogen-bond donors (Lipinski definition) is 2. The maximum absolute atomic E-state index is 5.58. The van der Waals surface area contributed by atoms with Crippen LogP contribution in [-0.2, 0) is 11.2 Å². The maximum atomic E-state index is 5.58. The Hall–Kier alpha value is -1.30. The number of aryl methyl sites for hydroxylation is 1. The third-order valence-electron chi connectivity index (χ3n) is 4.26. The Bertz CT molecular complexity index is 446. The van der Waals surface area contributed by atoms with E-state index in [0.717, 1.165) is 51.5 Å². The van der Waals surface area contributed by atoms with Gasteiger partial charge in [0.15, 0.2) is 0 Å². The Kier molecular flexibility index (Phi) is 6.96. The van der Waals surface area contributed by atoms with Crippen LogP contribution in [0.3, 0.4) is 0 Å².